The van der Waals surface area contributed by atoms with Gasteiger partial charge in [-0.15, -0.1) is 11.3 Å². The number of thiophene rings is 1. The number of aromatic amines is 1. The summed E-state index contributed by atoms with van der Waals surface area (Å²) in [5.74, 6) is 1.12. The maximum atomic E-state index is 12.8. The smallest absolute Gasteiger partial charge is 0.264 e. The van der Waals surface area contributed by atoms with Gasteiger partial charge in [-0.3, -0.25) is 4.79 Å². The number of hydrogen-bond acceptors (Lipinski definition) is 3. The van der Waals surface area contributed by atoms with Gasteiger partial charge in [0.25, 0.3) is 5.91 Å². The molecule has 0 spiro atoms. The summed E-state index contributed by atoms with van der Waals surface area (Å²) in [7, 11) is 0. The molecular formula is C16H19N3OS. The molecule has 1 N–H and O–H groups in total. The molecule has 1 atom stereocenters. The molecular weight excluding hydrogens is 282 g/mol. The van der Waals surface area contributed by atoms with Crippen molar-refractivity contribution in [1.29, 1.82) is 0 Å². The van der Waals surface area contributed by atoms with Gasteiger partial charge in [0.1, 0.15) is 5.82 Å². The summed E-state index contributed by atoms with van der Waals surface area (Å²) in [4.78, 5) is 24.9. The van der Waals surface area contributed by atoms with Gasteiger partial charge < -0.3 is 9.88 Å². The fourth-order valence-corrected chi connectivity index (χ4v) is 4.68. The molecule has 2 aromatic heterocycles. The summed E-state index contributed by atoms with van der Waals surface area (Å²) in [5.41, 5.74) is 2.45. The van der Waals surface area contributed by atoms with Crippen molar-refractivity contribution in [3.05, 3.63) is 39.1 Å². The highest BCUT2D eigenvalue weighted by Gasteiger charge is 2.33. The van der Waals surface area contributed by atoms with Gasteiger partial charge in [-0.05, 0) is 50.7 Å². The maximum Gasteiger partial charge on any atom is 0.264 e. The number of fused-ring (bicyclic) bond motifs is 1. The molecule has 0 unspecified atom stereocenters. The zero-order valence-corrected chi connectivity index (χ0v) is 13.0. The molecule has 1 amide bonds. The van der Waals surface area contributed by atoms with Gasteiger partial charge in [-0.25, -0.2) is 4.98 Å². The molecule has 0 saturated carbocycles. The standard InChI is InChI=1S/C16H19N3OS/c1-10-9-17-15(18-10)12-5-3-7-19(12)16(20)14-8-11-4-2-6-13(11)21-14/h8-9,12H,2-7H2,1H3,(H,17,18)/t12-/m0/s1. The number of likely N-dealkylation sites (tertiary alicyclic amines) is 1. The molecule has 0 radical (unpaired) electrons. The number of rotatable bonds is 2. The molecule has 2 aromatic rings. The number of carbonyl (C=O) groups excluding carboxylic acids is 1. The van der Waals surface area contributed by atoms with Crippen molar-refractivity contribution in [2.75, 3.05) is 6.54 Å². The third-order valence-corrected chi connectivity index (χ3v) is 5.73. The maximum absolute atomic E-state index is 12.8. The van der Waals surface area contributed by atoms with Crippen LogP contribution in [0.5, 0.6) is 0 Å². The summed E-state index contributed by atoms with van der Waals surface area (Å²) >= 11 is 1.70. The van der Waals surface area contributed by atoms with E-state index >= 15 is 0 Å². The van der Waals surface area contributed by atoms with Crippen molar-refractivity contribution in [1.82, 2.24) is 14.9 Å². The van der Waals surface area contributed by atoms with E-state index in [4.69, 9.17) is 0 Å². The molecule has 1 aliphatic heterocycles. The van der Waals surface area contributed by atoms with E-state index in [1.54, 1.807) is 11.3 Å². The van der Waals surface area contributed by atoms with Crippen molar-refractivity contribution in [2.45, 2.75) is 45.1 Å². The average Bonchev–Trinajstić information content (AvgIpc) is 3.20. The summed E-state index contributed by atoms with van der Waals surface area (Å²) in [6.45, 7) is 2.84. The van der Waals surface area contributed by atoms with Crippen LogP contribution in [0.1, 0.15) is 56.9 Å². The number of H-pyrrole nitrogens is 1. The normalized spacial score (nSPS) is 21.0. The Kier molecular flexibility index (Phi) is 3.10. The molecule has 1 saturated heterocycles. The summed E-state index contributed by atoms with van der Waals surface area (Å²) in [5, 5.41) is 0. The minimum atomic E-state index is 0.114. The van der Waals surface area contributed by atoms with Gasteiger partial charge in [0, 0.05) is 23.3 Å². The topological polar surface area (TPSA) is 49.0 Å². The van der Waals surface area contributed by atoms with Gasteiger partial charge in [0.15, 0.2) is 0 Å². The van der Waals surface area contributed by atoms with Crippen LogP contribution in [-0.2, 0) is 12.8 Å². The van der Waals surface area contributed by atoms with Crippen molar-refractivity contribution in [3.63, 3.8) is 0 Å². The molecule has 5 heteroatoms. The van der Waals surface area contributed by atoms with E-state index in [0.717, 1.165) is 48.6 Å². The van der Waals surface area contributed by atoms with Crippen molar-refractivity contribution < 1.29 is 4.79 Å². The number of hydrogen-bond donors (Lipinski definition) is 1. The lowest BCUT2D eigenvalue weighted by atomic mass is 10.2. The molecule has 1 fully saturated rings. The first-order valence-electron chi connectivity index (χ1n) is 7.66. The molecule has 4 rings (SSSR count). The van der Waals surface area contributed by atoms with E-state index in [2.05, 4.69) is 16.0 Å². The van der Waals surface area contributed by atoms with Crippen LogP contribution in [-0.4, -0.2) is 27.3 Å². The third-order valence-electron chi connectivity index (χ3n) is 4.51. The molecule has 1 aliphatic carbocycles. The second kappa shape index (κ2) is 4.98. The fourth-order valence-electron chi connectivity index (χ4n) is 3.47. The largest absolute Gasteiger partial charge is 0.344 e. The molecule has 2 aliphatic rings. The first-order valence-corrected chi connectivity index (χ1v) is 8.48. The lowest BCUT2D eigenvalue weighted by Crippen LogP contribution is -2.30. The Bertz CT molecular complexity index is 666. The van der Waals surface area contributed by atoms with Gasteiger partial charge in [-0.1, -0.05) is 0 Å². The second-order valence-corrected chi connectivity index (χ2v) is 7.16. The first-order chi connectivity index (χ1) is 10.2. The van der Waals surface area contributed by atoms with E-state index in [9.17, 15) is 4.79 Å². The number of imidazole rings is 1. The highest BCUT2D eigenvalue weighted by Crippen LogP contribution is 2.35. The average molecular weight is 301 g/mol. The van der Waals surface area contributed by atoms with Crippen molar-refractivity contribution in [3.8, 4) is 0 Å². The molecule has 110 valence electrons. The zero-order valence-electron chi connectivity index (χ0n) is 12.2. The first kappa shape index (κ1) is 13.1. The SMILES string of the molecule is Cc1cnc([C@@H]2CCCN2C(=O)c2cc3c(s2)CCC3)[nH]1. The number of carbonyl (C=O) groups is 1. The predicted molar refractivity (Wildman–Crippen MR) is 82.7 cm³/mol. The molecule has 3 heterocycles. The van der Waals surface area contributed by atoms with E-state index < -0.39 is 0 Å². The molecule has 0 bridgehead atoms. The number of nitrogens with one attached hydrogen (secondary N) is 1. The highest BCUT2D eigenvalue weighted by atomic mass is 32.1. The van der Waals surface area contributed by atoms with E-state index in [-0.39, 0.29) is 11.9 Å². The lowest BCUT2D eigenvalue weighted by Gasteiger charge is -2.22. The Morgan fingerprint density at radius 2 is 2.33 bits per heavy atom. The van der Waals surface area contributed by atoms with Gasteiger partial charge >= 0.3 is 0 Å². The lowest BCUT2D eigenvalue weighted by molar-refractivity contribution is 0.0735. The molecule has 21 heavy (non-hydrogen) atoms. The number of nitrogens with zero attached hydrogens (tertiary/aromatic N) is 2. The number of aryl methyl sites for hydroxylation is 3. The van der Waals surface area contributed by atoms with Crippen LogP contribution in [0.3, 0.4) is 0 Å². The van der Waals surface area contributed by atoms with E-state index in [0.29, 0.717) is 0 Å². The van der Waals surface area contributed by atoms with Crippen molar-refractivity contribution >= 4 is 17.2 Å². The molecule has 4 nitrogen and oxygen atoms in total. The zero-order chi connectivity index (χ0) is 14.4. The Balaban J connectivity index is 1.60. The predicted octanol–water partition coefficient (Wildman–Crippen LogP) is 3.25. The van der Waals surface area contributed by atoms with Gasteiger partial charge in [0.05, 0.1) is 10.9 Å². The van der Waals surface area contributed by atoms with E-state index in [1.807, 2.05) is 18.0 Å². The van der Waals surface area contributed by atoms with Crippen molar-refractivity contribution in [2.24, 2.45) is 0 Å². The summed E-state index contributed by atoms with van der Waals surface area (Å²) in [6.07, 6.45) is 7.43. The minimum absolute atomic E-state index is 0.114. The van der Waals surface area contributed by atoms with Gasteiger partial charge in [0.2, 0.25) is 0 Å². The third kappa shape index (κ3) is 2.20. The fraction of sp³-hybridized carbons (Fsp3) is 0.500. The molecule has 0 aromatic carbocycles. The van der Waals surface area contributed by atoms with Crippen LogP contribution in [0, 0.1) is 6.92 Å². The Hall–Kier alpha value is -1.62. The van der Waals surface area contributed by atoms with Crippen LogP contribution in [0.2, 0.25) is 0 Å². The number of aromatic nitrogens is 2. The van der Waals surface area contributed by atoms with E-state index in [1.165, 1.54) is 16.9 Å². The van der Waals surface area contributed by atoms with Crippen LogP contribution in [0.4, 0.5) is 0 Å². The minimum Gasteiger partial charge on any atom is -0.344 e. The Labute approximate surface area is 128 Å². The van der Waals surface area contributed by atoms with Crippen LogP contribution in [0.25, 0.3) is 0 Å². The van der Waals surface area contributed by atoms with Gasteiger partial charge in [-0.2, -0.15) is 0 Å². The summed E-state index contributed by atoms with van der Waals surface area (Å²) < 4.78 is 0. The Morgan fingerprint density at radius 3 is 3.10 bits per heavy atom. The van der Waals surface area contributed by atoms with Crippen LogP contribution < -0.4 is 0 Å². The summed E-state index contributed by atoms with van der Waals surface area (Å²) in [6, 6.07) is 2.24. The highest BCUT2D eigenvalue weighted by molar-refractivity contribution is 7.14. The Morgan fingerprint density at radius 1 is 1.43 bits per heavy atom. The van der Waals surface area contributed by atoms with Crippen LogP contribution >= 0.6 is 11.3 Å². The van der Waals surface area contributed by atoms with Crippen LogP contribution in [0.15, 0.2) is 12.3 Å². The monoisotopic (exact) mass is 301 g/mol. The quantitative estimate of drug-likeness (QED) is 0.925. The second-order valence-electron chi connectivity index (χ2n) is 6.02. The number of amides is 1.